The third-order valence-electron chi connectivity index (χ3n) is 3.71. The fourth-order valence-corrected chi connectivity index (χ4v) is 4.71. The maximum absolute atomic E-state index is 13.3. The molecule has 1 heterocycles. The van der Waals surface area contributed by atoms with Gasteiger partial charge in [-0.25, -0.2) is 17.8 Å². The molecule has 0 aliphatic rings. The van der Waals surface area contributed by atoms with Crippen LogP contribution in [0.4, 0.5) is 4.39 Å². The lowest BCUT2D eigenvalue weighted by Gasteiger charge is -2.19. The van der Waals surface area contributed by atoms with Gasteiger partial charge >= 0.3 is 0 Å². The van der Waals surface area contributed by atoms with Gasteiger partial charge in [-0.05, 0) is 39.7 Å². The van der Waals surface area contributed by atoms with Crippen molar-refractivity contribution in [3.05, 3.63) is 82.6 Å². The number of halogens is 2. The molecule has 1 unspecified atom stereocenters. The van der Waals surface area contributed by atoms with Crippen molar-refractivity contribution >= 4 is 26.0 Å². The van der Waals surface area contributed by atoms with E-state index in [0.29, 0.717) is 5.82 Å². The van der Waals surface area contributed by atoms with E-state index >= 15 is 0 Å². The summed E-state index contributed by atoms with van der Waals surface area (Å²) in [4.78, 5) is 4.23. The van der Waals surface area contributed by atoms with Gasteiger partial charge in [-0.15, -0.1) is 0 Å². The van der Waals surface area contributed by atoms with Crippen LogP contribution in [0.5, 0.6) is 0 Å². The highest BCUT2D eigenvalue weighted by Crippen LogP contribution is 2.27. The second-order valence-electron chi connectivity index (χ2n) is 5.44. The predicted molar refractivity (Wildman–Crippen MR) is 95.9 cm³/mol. The number of benzene rings is 2. The summed E-state index contributed by atoms with van der Waals surface area (Å²) in [6.07, 6.45) is 3.35. The number of aryl methyl sites for hydroxylation is 1. The van der Waals surface area contributed by atoms with Crippen LogP contribution in [0.15, 0.2) is 70.3 Å². The lowest BCUT2D eigenvalue weighted by Crippen LogP contribution is -2.31. The molecule has 25 heavy (non-hydrogen) atoms. The first-order valence-corrected chi connectivity index (χ1v) is 9.65. The fourth-order valence-electron chi connectivity index (χ4n) is 2.48. The van der Waals surface area contributed by atoms with Crippen molar-refractivity contribution in [2.75, 3.05) is 0 Å². The average molecular weight is 424 g/mol. The first-order chi connectivity index (χ1) is 11.9. The predicted octanol–water partition coefficient (Wildman–Crippen LogP) is 3.39. The van der Waals surface area contributed by atoms with Gasteiger partial charge in [0.2, 0.25) is 10.0 Å². The summed E-state index contributed by atoms with van der Waals surface area (Å²) >= 11 is 3.11. The van der Waals surface area contributed by atoms with Crippen LogP contribution in [-0.2, 0) is 17.1 Å². The molecule has 0 fully saturated rings. The van der Waals surface area contributed by atoms with Gasteiger partial charge in [0.05, 0.1) is 4.90 Å². The second-order valence-corrected chi connectivity index (χ2v) is 7.97. The normalized spacial score (nSPS) is 12.9. The topological polar surface area (TPSA) is 64.0 Å². The standard InChI is InChI=1S/C17H15BrFN3O2S/c1-22-10-9-20-17(22)16(12-5-3-2-4-6-12)21-25(23,24)15-8-7-13(19)11-14(15)18/h2-11,16,21H,1H3. The molecule has 0 aliphatic heterocycles. The lowest BCUT2D eigenvalue weighted by molar-refractivity contribution is 0.561. The van der Waals surface area contributed by atoms with Gasteiger partial charge in [-0.2, -0.15) is 4.72 Å². The van der Waals surface area contributed by atoms with E-state index in [2.05, 4.69) is 25.6 Å². The molecule has 1 N–H and O–H groups in total. The minimum absolute atomic E-state index is 0.0379. The minimum atomic E-state index is -3.91. The Morgan fingerprint density at radius 3 is 2.52 bits per heavy atom. The Bertz CT molecular complexity index is 990. The van der Waals surface area contributed by atoms with Crippen molar-refractivity contribution in [1.29, 1.82) is 0 Å². The minimum Gasteiger partial charge on any atom is -0.336 e. The number of hydrogen-bond acceptors (Lipinski definition) is 3. The summed E-state index contributed by atoms with van der Waals surface area (Å²) in [6, 6.07) is 11.9. The molecule has 3 aromatic rings. The molecule has 0 amide bonds. The molecule has 130 valence electrons. The van der Waals surface area contributed by atoms with E-state index in [-0.39, 0.29) is 9.37 Å². The van der Waals surface area contributed by atoms with Crippen LogP contribution in [0.25, 0.3) is 0 Å². The first-order valence-electron chi connectivity index (χ1n) is 7.38. The highest BCUT2D eigenvalue weighted by molar-refractivity contribution is 9.10. The van der Waals surface area contributed by atoms with E-state index in [1.165, 1.54) is 6.07 Å². The number of sulfonamides is 1. The summed E-state index contributed by atoms with van der Waals surface area (Å²) in [5, 5.41) is 0. The van der Waals surface area contributed by atoms with Crippen LogP contribution in [0.1, 0.15) is 17.4 Å². The molecule has 2 aromatic carbocycles. The van der Waals surface area contributed by atoms with Crippen molar-refractivity contribution in [3.63, 3.8) is 0 Å². The first kappa shape index (κ1) is 17.8. The average Bonchev–Trinajstić information content (AvgIpc) is 2.99. The molecular weight excluding hydrogens is 409 g/mol. The third-order valence-corrected chi connectivity index (χ3v) is 6.11. The Hall–Kier alpha value is -2.03. The van der Waals surface area contributed by atoms with Gasteiger partial charge in [0.25, 0.3) is 0 Å². The highest BCUT2D eigenvalue weighted by Gasteiger charge is 2.27. The van der Waals surface area contributed by atoms with Gasteiger partial charge in [0.15, 0.2) is 0 Å². The van der Waals surface area contributed by atoms with Crippen molar-refractivity contribution in [2.45, 2.75) is 10.9 Å². The van der Waals surface area contributed by atoms with E-state index in [0.717, 1.165) is 17.7 Å². The zero-order chi connectivity index (χ0) is 18.0. The number of rotatable bonds is 5. The summed E-state index contributed by atoms with van der Waals surface area (Å²) in [5.74, 6) is 0.0301. The van der Waals surface area contributed by atoms with Crippen LogP contribution in [0.2, 0.25) is 0 Å². The van der Waals surface area contributed by atoms with Crippen LogP contribution >= 0.6 is 15.9 Å². The molecule has 0 bridgehead atoms. The molecule has 1 aromatic heterocycles. The Morgan fingerprint density at radius 1 is 1.20 bits per heavy atom. The van der Waals surface area contributed by atoms with Gasteiger partial charge in [-0.3, -0.25) is 0 Å². The van der Waals surface area contributed by atoms with E-state index < -0.39 is 21.9 Å². The van der Waals surface area contributed by atoms with Crippen LogP contribution in [0, 0.1) is 5.82 Å². The monoisotopic (exact) mass is 423 g/mol. The molecule has 0 spiro atoms. The van der Waals surface area contributed by atoms with Crippen molar-refractivity contribution in [3.8, 4) is 0 Å². The molecule has 5 nitrogen and oxygen atoms in total. The largest absolute Gasteiger partial charge is 0.336 e. The van der Waals surface area contributed by atoms with E-state index in [1.54, 1.807) is 24.0 Å². The summed E-state index contributed by atoms with van der Waals surface area (Å²) in [6.45, 7) is 0. The Kier molecular flexibility index (Phi) is 5.03. The molecule has 0 radical (unpaired) electrons. The number of nitrogens with zero attached hydrogens (tertiary/aromatic N) is 2. The number of aromatic nitrogens is 2. The van der Waals surface area contributed by atoms with E-state index in [1.807, 2.05) is 30.3 Å². The molecule has 3 rings (SSSR count). The van der Waals surface area contributed by atoms with Gasteiger partial charge in [0.1, 0.15) is 17.7 Å². The Balaban J connectivity index is 2.05. The molecule has 0 saturated heterocycles. The molecule has 0 saturated carbocycles. The zero-order valence-corrected chi connectivity index (χ0v) is 15.6. The summed E-state index contributed by atoms with van der Waals surface area (Å²) in [5.41, 5.74) is 0.749. The maximum Gasteiger partial charge on any atom is 0.242 e. The van der Waals surface area contributed by atoms with E-state index in [9.17, 15) is 12.8 Å². The van der Waals surface area contributed by atoms with Crippen LogP contribution in [-0.4, -0.2) is 18.0 Å². The summed E-state index contributed by atoms with van der Waals surface area (Å²) < 4.78 is 43.6. The zero-order valence-electron chi connectivity index (χ0n) is 13.2. The molecular formula is C17H15BrFN3O2S. The van der Waals surface area contributed by atoms with Crippen molar-refractivity contribution < 1.29 is 12.8 Å². The van der Waals surface area contributed by atoms with Crippen LogP contribution in [0.3, 0.4) is 0 Å². The van der Waals surface area contributed by atoms with Crippen LogP contribution < -0.4 is 4.72 Å². The molecule has 1 atom stereocenters. The van der Waals surface area contributed by atoms with Crippen molar-refractivity contribution in [2.24, 2.45) is 7.05 Å². The number of imidazole rings is 1. The molecule has 0 aliphatic carbocycles. The smallest absolute Gasteiger partial charge is 0.242 e. The fraction of sp³-hybridized carbons (Fsp3) is 0.118. The lowest BCUT2D eigenvalue weighted by atomic mass is 10.1. The molecule has 8 heteroatoms. The van der Waals surface area contributed by atoms with Gasteiger partial charge in [-0.1, -0.05) is 30.3 Å². The number of hydrogen-bond donors (Lipinski definition) is 1. The van der Waals surface area contributed by atoms with Gasteiger partial charge in [0, 0.05) is 23.9 Å². The summed E-state index contributed by atoms with van der Waals surface area (Å²) in [7, 11) is -2.12. The quantitative estimate of drug-likeness (QED) is 0.683. The van der Waals surface area contributed by atoms with Crippen molar-refractivity contribution in [1.82, 2.24) is 14.3 Å². The second kappa shape index (κ2) is 7.07. The van der Waals surface area contributed by atoms with Gasteiger partial charge < -0.3 is 4.57 Å². The SMILES string of the molecule is Cn1ccnc1C(NS(=O)(=O)c1ccc(F)cc1Br)c1ccccc1. The maximum atomic E-state index is 13.3. The Morgan fingerprint density at radius 2 is 1.92 bits per heavy atom. The third kappa shape index (κ3) is 3.81. The Labute approximate surface area is 153 Å². The van der Waals surface area contributed by atoms with E-state index in [4.69, 9.17) is 0 Å². The number of nitrogens with one attached hydrogen (secondary N) is 1. The highest BCUT2D eigenvalue weighted by atomic mass is 79.9.